The molecule has 0 amide bonds. The number of ether oxygens (including phenoxy) is 1. The lowest BCUT2D eigenvalue weighted by Gasteiger charge is -2.67. The van der Waals surface area contributed by atoms with Crippen molar-refractivity contribution in [2.24, 2.45) is 46.3 Å². The molecule has 1 aromatic rings. The number of thiocarbonyl (C=S) groups is 1. The number of hydrogen-bond donors (Lipinski definition) is 1. The van der Waals surface area contributed by atoms with E-state index in [1.54, 1.807) is 0 Å². The van der Waals surface area contributed by atoms with Crippen LogP contribution < -0.4 is 4.90 Å². The fourth-order valence-corrected chi connectivity index (χ4v) is 11.5. The Bertz CT molecular complexity index is 1080. The van der Waals surface area contributed by atoms with E-state index in [-0.39, 0.29) is 29.0 Å². The van der Waals surface area contributed by atoms with Crippen LogP contribution in [0.3, 0.4) is 0 Å². The minimum absolute atomic E-state index is 0.0168. The van der Waals surface area contributed by atoms with Crippen LogP contribution in [0.5, 0.6) is 0 Å². The van der Waals surface area contributed by atoms with Gasteiger partial charge in [-0.2, -0.15) is 0 Å². The van der Waals surface area contributed by atoms with E-state index in [0.717, 1.165) is 48.6 Å². The molecule has 1 aliphatic heterocycles. The molecule has 5 aliphatic rings. The zero-order chi connectivity index (χ0) is 27.7. The molecule has 6 rings (SSSR count). The Morgan fingerprint density at radius 1 is 1.03 bits per heavy atom. The van der Waals surface area contributed by atoms with Gasteiger partial charge in [0.15, 0.2) is 0 Å². The highest BCUT2D eigenvalue weighted by atomic mass is 32.1. The van der Waals surface area contributed by atoms with E-state index in [4.69, 9.17) is 17.0 Å². The second kappa shape index (κ2) is 9.96. The predicted octanol–water partition coefficient (Wildman–Crippen LogP) is 8.53. The highest BCUT2D eigenvalue weighted by Gasteiger charge is 2.73. The van der Waals surface area contributed by atoms with Gasteiger partial charge in [0.1, 0.15) is 11.9 Å². The summed E-state index contributed by atoms with van der Waals surface area (Å²) in [5.41, 5.74) is 0.923. The van der Waals surface area contributed by atoms with Crippen LogP contribution in [-0.2, 0) is 4.74 Å². The Morgan fingerprint density at radius 2 is 1.77 bits per heavy atom. The molecule has 216 valence electrons. The van der Waals surface area contributed by atoms with Crippen molar-refractivity contribution in [1.29, 1.82) is 0 Å². The van der Waals surface area contributed by atoms with Crippen LogP contribution in [0.1, 0.15) is 105 Å². The number of hydrogen-bond acceptors (Lipinski definition) is 3. The first-order valence-electron chi connectivity index (χ1n) is 16.0. The van der Waals surface area contributed by atoms with Gasteiger partial charge in [0, 0.05) is 12.1 Å². The molecule has 1 aromatic carbocycles. The molecule has 5 fully saturated rings. The quantitative estimate of drug-likeness (QED) is 0.357. The third-order valence-electron chi connectivity index (χ3n) is 12.9. The fourth-order valence-electron chi connectivity index (χ4n) is 11.2. The molecule has 4 aliphatic carbocycles. The summed E-state index contributed by atoms with van der Waals surface area (Å²) in [5, 5.41) is 11.6. The van der Waals surface area contributed by atoms with E-state index in [1.807, 2.05) is 12.1 Å². The molecule has 10 atom stereocenters. The van der Waals surface area contributed by atoms with Crippen molar-refractivity contribution in [3.63, 3.8) is 0 Å². The van der Waals surface area contributed by atoms with Crippen molar-refractivity contribution in [3.05, 3.63) is 30.1 Å². The molecule has 0 bridgehead atoms. The number of fused-ring (bicyclic) bond motifs is 4. The average molecular weight is 556 g/mol. The van der Waals surface area contributed by atoms with E-state index in [0.29, 0.717) is 28.8 Å². The summed E-state index contributed by atoms with van der Waals surface area (Å²) in [4.78, 5) is 2.22. The Labute approximate surface area is 241 Å². The summed E-state index contributed by atoms with van der Waals surface area (Å²) in [6.07, 6.45) is 12.5. The highest BCUT2D eigenvalue weighted by Crippen LogP contribution is 2.71. The molecule has 1 saturated heterocycles. The second-order valence-corrected chi connectivity index (χ2v) is 15.4. The maximum absolute atomic E-state index is 13.9. The highest BCUT2D eigenvalue weighted by molar-refractivity contribution is 7.80. The van der Waals surface area contributed by atoms with Crippen molar-refractivity contribution >= 4 is 23.1 Å². The molecule has 4 saturated carbocycles. The van der Waals surface area contributed by atoms with E-state index in [2.05, 4.69) is 39.5 Å². The van der Waals surface area contributed by atoms with Gasteiger partial charge in [0.25, 0.3) is 5.17 Å². The lowest BCUT2D eigenvalue weighted by Crippen LogP contribution is -2.72. The number of aliphatic hydroxyl groups excluding tert-OH is 1. The fraction of sp³-hybridized carbons (Fsp3) is 0.794. The first kappa shape index (κ1) is 27.9. The molecule has 0 radical (unpaired) electrons. The maximum Gasteiger partial charge on any atom is 0.264 e. The molecule has 3 nitrogen and oxygen atoms in total. The number of aliphatic hydroxyl groups is 1. The lowest BCUT2D eigenvalue weighted by atomic mass is 9.41. The zero-order valence-electron chi connectivity index (χ0n) is 24.8. The molecular weight excluding hydrogens is 505 g/mol. The van der Waals surface area contributed by atoms with Gasteiger partial charge in [0.2, 0.25) is 0 Å². The number of anilines is 1. The molecule has 0 aromatic heterocycles. The molecule has 5 heteroatoms. The molecule has 39 heavy (non-hydrogen) atoms. The minimum Gasteiger partial charge on any atom is -0.465 e. The lowest BCUT2D eigenvalue weighted by molar-refractivity contribution is -0.166. The SMILES string of the molecule is CC(C)CCC[C@@H](C)[C@H]1CC[C@H]2[C@@H]3C[C@@H]4OC(=S)N(c5ccc(F)cc5)[C@]45CC(O)CC[C@]5(C)[C@H]3CC[C@]12C. The molecule has 1 heterocycles. The van der Waals surface area contributed by atoms with E-state index < -0.39 is 0 Å². The second-order valence-electron chi connectivity index (χ2n) is 15.1. The summed E-state index contributed by atoms with van der Waals surface area (Å²) in [6, 6.07) is 6.74. The van der Waals surface area contributed by atoms with Crippen LogP contribution in [-0.4, -0.2) is 28.0 Å². The van der Waals surface area contributed by atoms with Gasteiger partial charge in [-0.3, -0.25) is 4.90 Å². The maximum atomic E-state index is 13.9. The van der Waals surface area contributed by atoms with Gasteiger partial charge in [-0.1, -0.05) is 53.9 Å². The minimum atomic E-state index is -0.378. The van der Waals surface area contributed by atoms with Gasteiger partial charge in [0.05, 0.1) is 11.6 Å². The standard InChI is InChI=1S/C34H50FNO2S/c1-21(2)7-6-8-22(3)27-13-14-28-26-19-30-34(36(31(39)38-30)24-11-9-23(35)10-12-24)20-25(37)15-18-33(34,5)29(26)16-17-32(27,28)4/h9-12,21-22,25-30,37H,6-8,13-20H2,1-5H3/t22-,25?,26+,27-,28+,29+,30+,32-,33-,34-/m1/s1. The smallest absolute Gasteiger partial charge is 0.264 e. The predicted molar refractivity (Wildman–Crippen MR) is 160 cm³/mol. The molecule has 1 N–H and O–H groups in total. The zero-order valence-corrected chi connectivity index (χ0v) is 25.6. The van der Waals surface area contributed by atoms with Crippen LogP contribution in [0.4, 0.5) is 10.1 Å². The molecular formula is C34H50FNO2S. The van der Waals surface area contributed by atoms with Crippen LogP contribution in [0.25, 0.3) is 0 Å². The van der Waals surface area contributed by atoms with Crippen molar-refractivity contribution in [2.45, 2.75) is 123 Å². The van der Waals surface area contributed by atoms with E-state index >= 15 is 0 Å². The van der Waals surface area contributed by atoms with Gasteiger partial charge >= 0.3 is 0 Å². The normalized spacial score (nSPS) is 43.9. The monoisotopic (exact) mass is 555 g/mol. The van der Waals surface area contributed by atoms with Crippen LogP contribution in [0.15, 0.2) is 24.3 Å². The van der Waals surface area contributed by atoms with E-state index in [9.17, 15) is 9.50 Å². The number of nitrogens with zero attached hydrogens (tertiary/aromatic N) is 1. The summed E-state index contributed by atoms with van der Waals surface area (Å²) < 4.78 is 20.6. The van der Waals surface area contributed by atoms with Crippen LogP contribution in [0, 0.1) is 52.2 Å². The largest absolute Gasteiger partial charge is 0.465 e. The van der Waals surface area contributed by atoms with Crippen molar-refractivity contribution < 1.29 is 14.2 Å². The Hall–Kier alpha value is -1.20. The van der Waals surface area contributed by atoms with Crippen molar-refractivity contribution in [1.82, 2.24) is 0 Å². The molecule has 1 unspecified atom stereocenters. The Balaban J connectivity index is 1.33. The number of rotatable bonds is 6. The summed E-state index contributed by atoms with van der Waals surface area (Å²) >= 11 is 5.94. The first-order valence-corrected chi connectivity index (χ1v) is 16.4. The third-order valence-corrected chi connectivity index (χ3v) is 13.2. The van der Waals surface area contributed by atoms with Gasteiger partial charge in [-0.25, -0.2) is 4.39 Å². The van der Waals surface area contributed by atoms with Gasteiger partial charge in [-0.15, -0.1) is 0 Å². The molecule has 1 spiro atoms. The summed E-state index contributed by atoms with van der Waals surface area (Å²) in [7, 11) is 0. The Morgan fingerprint density at radius 3 is 2.49 bits per heavy atom. The van der Waals surface area contributed by atoms with Gasteiger partial charge in [-0.05, 0) is 128 Å². The average Bonchev–Trinajstić information content (AvgIpc) is 3.37. The topological polar surface area (TPSA) is 32.7 Å². The third kappa shape index (κ3) is 4.14. The number of benzene rings is 1. The van der Waals surface area contributed by atoms with Crippen LogP contribution >= 0.6 is 12.2 Å². The van der Waals surface area contributed by atoms with Crippen molar-refractivity contribution in [2.75, 3.05) is 4.90 Å². The Kier molecular flexibility index (Phi) is 7.14. The number of halogens is 1. The van der Waals surface area contributed by atoms with Gasteiger partial charge < -0.3 is 9.84 Å². The summed E-state index contributed by atoms with van der Waals surface area (Å²) in [5.74, 6) is 4.16. The summed E-state index contributed by atoms with van der Waals surface area (Å²) in [6.45, 7) is 12.4. The van der Waals surface area contributed by atoms with E-state index in [1.165, 1.54) is 57.1 Å². The van der Waals surface area contributed by atoms with Crippen molar-refractivity contribution in [3.8, 4) is 0 Å². The first-order chi connectivity index (χ1) is 18.5. The van der Waals surface area contributed by atoms with Crippen LogP contribution in [0.2, 0.25) is 0 Å².